The van der Waals surface area contributed by atoms with Crippen molar-refractivity contribution < 1.29 is 37.4 Å². The number of aromatic hydroxyl groups is 2. The number of alkyl halides is 2. The van der Waals surface area contributed by atoms with Gasteiger partial charge in [-0.25, -0.2) is 19.9 Å². The number of hydrogen-bond acceptors (Lipinski definition) is 16. The van der Waals surface area contributed by atoms with E-state index in [9.17, 15) is 5.11 Å². The number of halogens is 2. The van der Waals surface area contributed by atoms with E-state index in [4.69, 9.17) is 55.5 Å². The number of aromatic nitrogens is 4. The Morgan fingerprint density at radius 2 is 0.753 bits per heavy atom. The molecule has 4 aliphatic heterocycles. The third kappa shape index (κ3) is 18.9. The van der Waals surface area contributed by atoms with E-state index in [1.165, 1.54) is 70.6 Å². The number of hydrogen-bond donors (Lipinski definition) is 2. The zero-order valence-electron chi connectivity index (χ0n) is 49.8. The van der Waals surface area contributed by atoms with Crippen molar-refractivity contribution in [2.24, 2.45) is 0 Å². The van der Waals surface area contributed by atoms with Crippen LogP contribution in [0.1, 0.15) is 121 Å². The number of ether oxygens (including phenoxy) is 2. The van der Waals surface area contributed by atoms with E-state index in [0.717, 1.165) is 122 Å². The number of likely N-dealkylation sites (tertiary alicyclic amines) is 4. The van der Waals surface area contributed by atoms with Gasteiger partial charge in [0.15, 0.2) is 0 Å². The minimum Gasteiger partial charge on any atom is -0.508 e. The molecule has 0 radical (unpaired) electrons. The smallest absolute Gasteiger partial charge is 0.226 e. The van der Waals surface area contributed by atoms with Crippen LogP contribution in [0.3, 0.4) is 0 Å². The molecule has 4 atom stereocenters. The van der Waals surface area contributed by atoms with Crippen LogP contribution in [-0.2, 0) is 25.5 Å². The van der Waals surface area contributed by atoms with Crippen molar-refractivity contribution in [2.45, 2.75) is 148 Å². The standard InChI is InChI=1S/C24H35N3O2.C18H23ClN2O2.C15H18N2O2.C10H8ClNO2/c1-19-7-3-4-13-26(19)15-6-16-28-23-11-9-21(10-12-23)24-25-22(18-29-24)17-27-14-5-8-20(27)2;1-14-4-2-10-21(14)12-16-13-23-18(20-16)15-5-7-17(8-6-15)22-11-3-9-19;1-11-3-2-8-17(11)9-13-10-19-15(16-13)12-4-6-14(18)7-5-12;11-5-8-6-14-10(12-8)7-1-3-9(13)4-2-7/h9-12,18-20H,3-8,13-17H2,1-2H3;5-8,13-14H,2-4,9-12H2,1H3;4-7,10-11,18H,2-3,8-9H2,1H3;1-4,6,13H,5H2. The zero-order valence-corrected chi connectivity index (χ0v) is 51.3. The number of benzene rings is 4. The molecule has 8 aromatic rings. The van der Waals surface area contributed by atoms with Gasteiger partial charge in [0, 0.05) is 78.5 Å². The van der Waals surface area contributed by atoms with Gasteiger partial charge in [-0.3, -0.25) is 14.7 Å². The van der Waals surface area contributed by atoms with Gasteiger partial charge < -0.3 is 42.3 Å². The molecule has 18 heteroatoms. The van der Waals surface area contributed by atoms with Crippen molar-refractivity contribution in [1.29, 1.82) is 0 Å². The molecule has 85 heavy (non-hydrogen) atoms. The summed E-state index contributed by atoms with van der Waals surface area (Å²) in [6.07, 6.45) is 20.4. The third-order valence-corrected chi connectivity index (χ3v) is 16.8. The Bertz CT molecular complexity index is 3180. The van der Waals surface area contributed by atoms with Gasteiger partial charge in [-0.2, -0.15) is 0 Å². The number of phenols is 2. The van der Waals surface area contributed by atoms with Crippen LogP contribution < -0.4 is 9.47 Å². The van der Waals surface area contributed by atoms with Gasteiger partial charge in [-0.1, -0.05) is 6.42 Å². The number of rotatable bonds is 20. The molecule has 16 nitrogen and oxygen atoms in total. The summed E-state index contributed by atoms with van der Waals surface area (Å²) in [5.41, 5.74) is 7.36. The van der Waals surface area contributed by atoms with E-state index in [0.29, 0.717) is 65.7 Å². The highest BCUT2D eigenvalue weighted by atomic mass is 35.5. The topological polar surface area (TPSA) is 176 Å². The second kappa shape index (κ2) is 32.2. The predicted molar refractivity (Wildman–Crippen MR) is 334 cm³/mol. The molecule has 2 N–H and O–H groups in total. The number of oxazole rings is 4. The molecule has 4 saturated heterocycles. The van der Waals surface area contributed by atoms with Crippen LogP contribution in [0.4, 0.5) is 0 Å². The summed E-state index contributed by atoms with van der Waals surface area (Å²) < 4.78 is 33.6. The van der Waals surface area contributed by atoms with Gasteiger partial charge in [0.25, 0.3) is 0 Å². The lowest BCUT2D eigenvalue weighted by Gasteiger charge is -2.33. The molecule has 0 bridgehead atoms. The first-order valence-electron chi connectivity index (χ1n) is 30.4. The summed E-state index contributed by atoms with van der Waals surface area (Å²) in [5, 5.41) is 18.4. The second-order valence-electron chi connectivity index (χ2n) is 22.7. The Kier molecular flexibility index (Phi) is 23.8. The molecule has 4 aliphatic rings. The van der Waals surface area contributed by atoms with Crippen LogP contribution in [0.5, 0.6) is 23.0 Å². The lowest BCUT2D eigenvalue weighted by atomic mass is 10.0. The van der Waals surface area contributed by atoms with Crippen LogP contribution in [0.15, 0.2) is 140 Å². The minimum atomic E-state index is 0.220. The fourth-order valence-electron chi connectivity index (χ4n) is 11.1. The number of piperidine rings is 1. The molecule has 0 aliphatic carbocycles. The van der Waals surface area contributed by atoms with Crippen molar-refractivity contribution in [3.8, 4) is 68.8 Å². The fraction of sp³-hybridized carbons (Fsp3) is 0.463. The summed E-state index contributed by atoms with van der Waals surface area (Å²) in [6.45, 7) is 19.0. The van der Waals surface area contributed by atoms with Crippen molar-refractivity contribution >= 4 is 23.2 Å². The maximum atomic E-state index is 9.27. The monoisotopic (exact) mass is 1200 g/mol. The minimum absolute atomic E-state index is 0.220. The molecule has 0 amide bonds. The van der Waals surface area contributed by atoms with E-state index in [2.05, 4.69) is 67.2 Å². The molecule has 4 aromatic heterocycles. The summed E-state index contributed by atoms with van der Waals surface area (Å²) in [7, 11) is 0. The van der Waals surface area contributed by atoms with E-state index >= 15 is 0 Å². The number of phenolic OH excluding ortho intramolecular Hbond substituents is 2. The van der Waals surface area contributed by atoms with E-state index < -0.39 is 0 Å². The molecular weight excluding hydrogens is 1120 g/mol. The first kappa shape index (κ1) is 62.9. The number of nitrogens with zero attached hydrogens (tertiary/aromatic N) is 8. The largest absolute Gasteiger partial charge is 0.508 e. The van der Waals surface area contributed by atoms with Crippen molar-refractivity contribution in [3.05, 3.63) is 145 Å². The Hall–Kier alpha value is -6.66. The first-order valence-corrected chi connectivity index (χ1v) is 31.4. The molecular formula is C67H84Cl2N8O8. The highest BCUT2D eigenvalue weighted by Gasteiger charge is 2.25. The quantitative estimate of drug-likeness (QED) is 0.0544. The fourth-order valence-corrected chi connectivity index (χ4v) is 11.4. The highest BCUT2D eigenvalue weighted by Crippen LogP contribution is 2.29. The third-order valence-electron chi connectivity index (χ3n) is 16.3. The average molecular weight is 1200 g/mol. The van der Waals surface area contributed by atoms with Crippen LogP contribution in [0.2, 0.25) is 0 Å². The molecule has 12 rings (SSSR count). The Balaban J connectivity index is 0.000000140. The zero-order chi connectivity index (χ0) is 59.3. The van der Waals surface area contributed by atoms with Crippen LogP contribution >= 0.6 is 23.2 Å². The van der Waals surface area contributed by atoms with Crippen LogP contribution in [0.25, 0.3) is 45.8 Å². The van der Waals surface area contributed by atoms with Crippen LogP contribution in [0, 0.1) is 0 Å². The van der Waals surface area contributed by atoms with Crippen molar-refractivity contribution in [1.82, 2.24) is 39.5 Å². The van der Waals surface area contributed by atoms with Gasteiger partial charge in [-0.05, 0) is 215 Å². The summed E-state index contributed by atoms with van der Waals surface area (Å²) in [5.74, 6) is 5.67. The Labute approximate surface area is 511 Å². The SMILES string of the molecule is CC1CCCCN1CCCOc1ccc(-c2nc(CN3CCCC3C)co2)cc1.CC1CCCN1Cc1coc(-c2ccc(O)cc2)n1.CC1CCCN1Cc1coc(-c2ccc(OCCCCl)cc2)n1.Oc1ccc(-c2nc(CCl)co2)cc1. The molecule has 454 valence electrons. The van der Waals surface area contributed by atoms with Gasteiger partial charge >= 0.3 is 0 Å². The lowest BCUT2D eigenvalue weighted by Crippen LogP contribution is -2.38. The molecule has 0 spiro atoms. The first-order chi connectivity index (χ1) is 41.5. The van der Waals surface area contributed by atoms with Gasteiger partial charge in [-0.15, -0.1) is 23.2 Å². The molecule has 4 unspecified atom stereocenters. The van der Waals surface area contributed by atoms with Gasteiger partial charge in [0.05, 0.1) is 41.9 Å². The normalized spacial score (nSPS) is 19.2. The van der Waals surface area contributed by atoms with Crippen molar-refractivity contribution in [2.75, 3.05) is 51.8 Å². The highest BCUT2D eigenvalue weighted by molar-refractivity contribution is 6.17. The van der Waals surface area contributed by atoms with Gasteiger partial charge in [0.2, 0.25) is 23.6 Å². The maximum absolute atomic E-state index is 9.27. The average Bonchev–Trinajstić information content (AvgIpc) is 4.61. The van der Waals surface area contributed by atoms with Crippen LogP contribution in [-0.4, -0.2) is 126 Å². The summed E-state index contributed by atoms with van der Waals surface area (Å²) in [6, 6.07) is 32.1. The van der Waals surface area contributed by atoms with E-state index in [1.54, 1.807) is 55.2 Å². The lowest BCUT2D eigenvalue weighted by molar-refractivity contribution is 0.148. The Morgan fingerprint density at radius 3 is 1.09 bits per heavy atom. The van der Waals surface area contributed by atoms with Crippen molar-refractivity contribution in [3.63, 3.8) is 0 Å². The summed E-state index contributed by atoms with van der Waals surface area (Å²) >= 11 is 11.2. The van der Waals surface area contributed by atoms with E-state index in [-0.39, 0.29) is 11.5 Å². The second-order valence-corrected chi connectivity index (χ2v) is 23.4. The molecule has 8 heterocycles. The predicted octanol–water partition coefficient (Wildman–Crippen LogP) is 15.1. The van der Waals surface area contributed by atoms with E-state index in [1.807, 2.05) is 60.7 Å². The van der Waals surface area contributed by atoms with Gasteiger partial charge in [0.1, 0.15) is 48.1 Å². The maximum Gasteiger partial charge on any atom is 0.226 e. The molecule has 4 fully saturated rings. The Morgan fingerprint density at radius 1 is 0.424 bits per heavy atom. The summed E-state index contributed by atoms with van der Waals surface area (Å²) in [4.78, 5) is 27.9. The molecule has 4 aromatic carbocycles. The molecule has 0 saturated carbocycles.